The summed E-state index contributed by atoms with van der Waals surface area (Å²) < 4.78 is 5.96. The second kappa shape index (κ2) is 3.93. The quantitative estimate of drug-likeness (QED) is 0.631. The molecule has 0 unspecified atom stereocenters. The van der Waals surface area contributed by atoms with Crippen LogP contribution < -0.4 is 0 Å². The summed E-state index contributed by atoms with van der Waals surface area (Å²) in [5.74, 6) is 3.78. The van der Waals surface area contributed by atoms with Crippen molar-refractivity contribution >= 4 is 5.78 Å². The number of fused-ring (bicyclic) bond motifs is 7. The first kappa shape index (κ1) is 13.1. The Morgan fingerprint density at radius 3 is 2.67 bits per heavy atom. The van der Waals surface area contributed by atoms with Crippen molar-refractivity contribution in [3.8, 4) is 0 Å². The Kier molecular flexibility index (Phi) is 2.45. The van der Waals surface area contributed by atoms with Gasteiger partial charge >= 0.3 is 0 Å². The van der Waals surface area contributed by atoms with Gasteiger partial charge in [-0.05, 0) is 74.0 Å². The average molecular weight is 288 g/mol. The van der Waals surface area contributed by atoms with Crippen molar-refractivity contribution in [1.29, 1.82) is 0 Å². The number of hydrogen-bond acceptors (Lipinski definition) is 2. The molecule has 4 saturated carbocycles. The van der Waals surface area contributed by atoms with E-state index in [1.165, 1.54) is 38.5 Å². The zero-order valence-electron chi connectivity index (χ0n) is 13.4. The first-order valence-electron chi connectivity index (χ1n) is 9.23. The lowest BCUT2D eigenvalue weighted by atomic mass is 9.45. The third-order valence-corrected chi connectivity index (χ3v) is 8.64. The molecule has 1 saturated heterocycles. The number of epoxide rings is 1. The molecule has 0 aromatic rings. The van der Waals surface area contributed by atoms with Gasteiger partial charge in [-0.2, -0.15) is 0 Å². The molecule has 0 amide bonds. The van der Waals surface area contributed by atoms with Gasteiger partial charge in [0, 0.05) is 11.8 Å². The molecule has 2 nitrogen and oxygen atoms in total. The van der Waals surface area contributed by atoms with Gasteiger partial charge in [0.05, 0.1) is 12.2 Å². The molecule has 0 N–H and O–H groups in total. The summed E-state index contributed by atoms with van der Waals surface area (Å²) in [7, 11) is 0. The predicted octanol–water partition coefficient (Wildman–Crippen LogP) is 3.98. The van der Waals surface area contributed by atoms with Crippen LogP contribution in [0.3, 0.4) is 0 Å². The first-order valence-corrected chi connectivity index (χ1v) is 9.23. The van der Waals surface area contributed by atoms with Gasteiger partial charge in [-0.1, -0.05) is 13.8 Å². The van der Waals surface area contributed by atoms with Crippen LogP contribution in [0.5, 0.6) is 0 Å². The SMILES string of the molecule is C[C@]12CC[C@@H]3O[C@@H]3[C@@H]1CC[C@@H]1[C@@H]2CC[C@]2(C)C(=O)CC[C@@H]12. The Hall–Kier alpha value is -0.370. The van der Waals surface area contributed by atoms with E-state index in [4.69, 9.17) is 4.74 Å². The van der Waals surface area contributed by atoms with Crippen LogP contribution in [-0.2, 0) is 9.53 Å². The molecule has 0 aromatic carbocycles. The number of ketones is 1. The minimum atomic E-state index is 0.0393. The van der Waals surface area contributed by atoms with Crippen LogP contribution in [0.4, 0.5) is 0 Å². The van der Waals surface area contributed by atoms with Crippen LogP contribution in [0.2, 0.25) is 0 Å². The number of ether oxygens (including phenoxy) is 1. The fraction of sp³-hybridized carbons (Fsp3) is 0.947. The molecular formula is C19H28O2. The van der Waals surface area contributed by atoms with Gasteiger partial charge in [-0.25, -0.2) is 0 Å². The average Bonchev–Trinajstić information content (AvgIpc) is 3.18. The number of rotatable bonds is 0. The minimum absolute atomic E-state index is 0.0393. The standard InChI is InChI=1S/C19H28O2/c1-18-10-8-15-17(21-15)14(18)4-3-11-12-5-6-16(20)19(12,2)9-7-13(11)18/h11-15,17H,3-10H2,1-2H3/t11-,12-,13-,14-,15-,17+,18+,19-/m0/s1. The number of hydrogen-bond donors (Lipinski definition) is 0. The van der Waals surface area contributed by atoms with E-state index in [1.807, 2.05) is 0 Å². The molecule has 4 aliphatic carbocycles. The van der Waals surface area contributed by atoms with Crippen molar-refractivity contribution < 1.29 is 9.53 Å². The molecule has 0 aromatic heterocycles. The molecule has 0 bridgehead atoms. The second-order valence-corrected chi connectivity index (χ2v) is 9.16. The topological polar surface area (TPSA) is 29.6 Å². The lowest BCUT2D eigenvalue weighted by Gasteiger charge is -2.58. The van der Waals surface area contributed by atoms with Crippen LogP contribution in [-0.4, -0.2) is 18.0 Å². The smallest absolute Gasteiger partial charge is 0.139 e. The Labute approximate surface area is 128 Å². The molecule has 2 heteroatoms. The Morgan fingerprint density at radius 1 is 0.952 bits per heavy atom. The summed E-state index contributed by atoms with van der Waals surface area (Å²) >= 11 is 0. The van der Waals surface area contributed by atoms with E-state index >= 15 is 0 Å². The van der Waals surface area contributed by atoms with Crippen LogP contribution in [0.25, 0.3) is 0 Å². The van der Waals surface area contributed by atoms with Crippen molar-refractivity contribution in [1.82, 2.24) is 0 Å². The zero-order chi connectivity index (χ0) is 14.4. The van der Waals surface area contributed by atoms with Gasteiger partial charge in [0.1, 0.15) is 5.78 Å². The Bertz CT molecular complexity index is 500. The number of carbonyl (C=O) groups excluding carboxylic acids is 1. The highest BCUT2D eigenvalue weighted by atomic mass is 16.6. The third kappa shape index (κ3) is 1.51. The molecule has 5 rings (SSSR count). The lowest BCUT2D eigenvalue weighted by molar-refractivity contribution is -0.138. The van der Waals surface area contributed by atoms with Gasteiger partial charge < -0.3 is 4.74 Å². The molecule has 0 radical (unpaired) electrons. The molecule has 116 valence electrons. The summed E-state index contributed by atoms with van der Waals surface area (Å²) in [6, 6.07) is 0. The molecule has 5 fully saturated rings. The molecule has 8 atom stereocenters. The summed E-state index contributed by atoms with van der Waals surface area (Å²) in [6.07, 6.45) is 11.1. The largest absolute Gasteiger partial charge is 0.369 e. The minimum Gasteiger partial charge on any atom is -0.369 e. The highest BCUT2D eigenvalue weighted by Gasteiger charge is 2.64. The van der Waals surface area contributed by atoms with E-state index < -0.39 is 0 Å². The Balaban J connectivity index is 1.49. The summed E-state index contributed by atoms with van der Waals surface area (Å²) in [4.78, 5) is 12.4. The highest BCUT2D eigenvalue weighted by molar-refractivity contribution is 5.87. The predicted molar refractivity (Wildman–Crippen MR) is 80.8 cm³/mol. The third-order valence-electron chi connectivity index (χ3n) is 8.64. The van der Waals surface area contributed by atoms with Gasteiger partial charge in [-0.15, -0.1) is 0 Å². The van der Waals surface area contributed by atoms with Crippen LogP contribution in [0.1, 0.15) is 65.2 Å². The van der Waals surface area contributed by atoms with Crippen molar-refractivity contribution in [2.75, 3.05) is 0 Å². The fourth-order valence-corrected chi connectivity index (χ4v) is 7.36. The zero-order valence-corrected chi connectivity index (χ0v) is 13.4. The first-order chi connectivity index (χ1) is 10.0. The number of Topliss-reactive ketones (excluding diaryl/α,β-unsaturated/α-hetero) is 1. The maximum atomic E-state index is 12.4. The summed E-state index contributed by atoms with van der Waals surface area (Å²) in [5, 5.41) is 0. The maximum Gasteiger partial charge on any atom is 0.139 e. The van der Waals surface area contributed by atoms with Crippen molar-refractivity contribution in [2.45, 2.75) is 77.4 Å². The van der Waals surface area contributed by atoms with Crippen molar-refractivity contribution in [3.63, 3.8) is 0 Å². The lowest BCUT2D eigenvalue weighted by Crippen LogP contribution is -2.54. The second-order valence-electron chi connectivity index (χ2n) is 9.16. The fourth-order valence-electron chi connectivity index (χ4n) is 7.36. The van der Waals surface area contributed by atoms with E-state index in [1.54, 1.807) is 0 Å². The van der Waals surface area contributed by atoms with E-state index in [2.05, 4.69) is 13.8 Å². The molecule has 21 heavy (non-hydrogen) atoms. The van der Waals surface area contributed by atoms with Gasteiger partial charge in [-0.3, -0.25) is 4.79 Å². The van der Waals surface area contributed by atoms with Gasteiger partial charge in [0.2, 0.25) is 0 Å². The van der Waals surface area contributed by atoms with Crippen LogP contribution in [0, 0.1) is 34.5 Å². The van der Waals surface area contributed by atoms with Gasteiger partial charge in [0.25, 0.3) is 0 Å². The molecule has 1 aliphatic heterocycles. The normalized spacial score (nSPS) is 61.5. The highest BCUT2D eigenvalue weighted by Crippen LogP contribution is 2.67. The van der Waals surface area contributed by atoms with E-state index in [-0.39, 0.29) is 5.41 Å². The monoisotopic (exact) mass is 288 g/mol. The van der Waals surface area contributed by atoms with Crippen LogP contribution in [0.15, 0.2) is 0 Å². The maximum absolute atomic E-state index is 12.4. The van der Waals surface area contributed by atoms with E-state index in [9.17, 15) is 4.79 Å². The number of carbonyl (C=O) groups is 1. The van der Waals surface area contributed by atoms with Crippen molar-refractivity contribution in [2.24, 2.45) is 34.5 Å². The van der Waals surface area contributed by atoms with E-state index in [0.717, 1.165) is 30.6 Å². The van der Waals surface area contributed by atoms with Gasteiger partial charge in [0.15, 0.2) is 0 Å². The molecular weight excluding hydrogens is 260 g/mol. The summed E-state index contributed by atoms with van der Waals surface area (Å²) in [6.45, 7) is 4.87. The molecule has 0 spiro atoms. The molecule has 5 aliphatic rings. The Morgan fingerprint density at radius 2 is 1.81 bits per heavy atom. The van der Waals surface area contributed by atoms with E-state index in [0.29, 0.717) is 29.3 Å². The van der Waals surface area contributed by atoms with Crippen molar-refractivity contribution in [3.05, 3.63) is 0 Å². The van der Waals surface area contributed by atoms with Crippen LogP contribution >= 0.6 is 0 Å². The summed E-state index contributed by atoms with van der Waals surface area (Å²) in [5.41, 5.74) is 0.547. The molecule has 1 heterocycles.